The summed E-state index contributed by atoms with van der Waals surface area (Å²) in [6.07, 6.45) is 1.78. The van der Waals surface area contributed by atoms with E-state index in [1.54, 1.807) is 6.92 Å². The van der Waals surface area contributed by atoms with E-state index in [0.717, 1.165) is 0 Å². The Labute approximate surface area is 74.2 Å². The van der Waals surface area contributed by atoms with Gasteiger partial charge in [-0.25, -0.2) is 9.89 Å². The van der Waals surface area contributed by atoms with Crippen molar-refractivity contribution in [2.75, 3.05) is 0 Å². The van der Waals surface area contributed by atoms with Crippen LogP contribution in [-0.2, 0) is 11.3 Å². The van der Waals surface area contributed by atoms with Crippen LogP contribution in [0.25, 0.3) is 0 Å². The molecule has 1 rings (SSSR count). The van der Waals surface area contributed by atoms with Crippen molar-refractivity contribution in [3.8, 4) is 0 Å². The molecule has 0 amide bonds. The van der Waals surface area contributed by atoms with E-state index < -0.39 is 11.9 Å². The zero-order chi connectivity index (χ0) is 9.84. The Morgan fingerprint density at radius 3 is 3.00 bits per heavy atom. The first-order valence-corrected chi connectivity index (χ1v) is 3.94. The van der Waals surface area contributed by atoms with Gasteiger partial charge < -0.3 is 5.11 Å². The minimum absolute atomic E-state index is 0.308. The lowest BCUT2D eigenvalue weighted by Gasteiger charge is -2.04. The Kier molecular flexibility index (Phi) is 2.84. The van der Waals surface area contributed by atoms with Crippen LogP contribution in [0.2, 0.25) is 0 Å². The van der Waals surface area contributed by atoms with Gasteiger partial charge in [0.25, 0.3) is 0 Å². The number of nitrogens with one attached hydrogen (secondary N) is 1. The first kappa shape index (κ1) is 9.50. The van der Waals surface area contributed by atoms with Gasteiger partial charge in [-0.2, -0.15) is 5.10 Å². The van der Waals surface area contributed by atoms with Gasteiger partial charge >= 0.3 is 11.7 Å². The lowest BCUT2D eigenvalue weighted by molar-refractivity contribution is -0.141. The van der Waals surface area contributed by atoms with Gasteiger partial charge in [-0.05, 0) is 6.42 Å². The second-order valence-electron chi connectivity index (χ2n) is 2.88. The van der Waals surface area contributed by atoms with E-state index in [1.165, 1.54) is 10.9 Å². The topological polar surface area (TPSA) is 88.0 Å². The molecule has 0 spiro atoms. The molecule has 1 aromatic rings. The van der Waals surface area contributed by atoms with Crippen LogP contribution in [-0.4, -0.2) is 25.8 Å². The van der Waals surface area contributed by atoms with Gasteiger partial charge in [0.05, 0.1) is 5.92 Å². The number of carboxylic acid groups (broad SMARTS) is 1. The molecule has 0 aliphatic carbocycles. The van der Waals surface area contributed by atoms with E-state index in [-0.39, 0.29) is 5.69 Å². The number of aromatic amines is 1. The summed E-state index contributed by atoms with van der Waals surface area (Å²) >= 11 is 0. The highest BCUT2D eigenvalue weighted by atomic mass is 16.4. The summed E-state index contributed by atoms with van der Waals surface area (Å²) in [5, 5.41) is 14.3. The van der Waals surface area contributed by atoms with Crippen molar-refractivity contribution >= 4 is 5.97 Å². The quantitative estimate of drug-likeness (QED) is 0.673. The molecular weight excluding hydrogens is 174 g/mol. The highest BCUT2D eigenvalue weighted by molar-refractivity contribution is 5.69. The van der Waals surface area contributed by atoms with Gasteiger partial charge in [0.1, 0.15) is 6.33 Å². The molecule has 13 heavy (non-hydrogen) atoms. The SMILES string of the molecule is CC(CCn1cn[nH]c1=O)C(=O)O. The number of hydrogen-bond acceptors (Lipinski definition) is 3. The molecular formula is C7H11N3O3. The van der Waals surface area contributed by atoms with Crippen molar-refractivity contribution in [3.63, 3.8) is 0 Å². The molecule has 72 valence electrons. The molecule has 1 unspecified atom stereocenters. The molecule has 2 N–H and O–H groups in total. The van der Waals surface area contributed by atoms with Crippen LogP contribution in [0.3, 0.4) is 0 Å². The third-order valence-corrected chi connectivity index (χ3v) is 1.84. The molecule has 0 saturated heterocycles. The predicted molar refractivity (Wildman–Crippen MR) is 44.3 cm³/mol. The molecule has 6 heteroatoms. The summed E-state index contributed by atoms with van der Waals surface area (Å²) < 4.78 is 1.35. The molecule has 1 aromatic heterocycles. The first-order chi connectivity index (χ1) is 6.11. The molecule has 0 aliphatic rings. The van der Waals surface area contributed by atoms with Crippen molar-refractivity contribution in [3.05, 3.63) is 16.8 Å². The second-order valence-corrected chi connectivity index (χ2v) is 2.88. The van der Waals surface area contributed by atoms with Gasteiger partial charge in [0.15, 0.2) is 0 Å². The first-order valence-electron chi connectivity index (χ1n) is 3.94. The number of nitrogens with zero attached hydrogens (tertiary/aromatic N) is 2. The monoisotopic (exact) mass is 185 g/mol. The van der Waals surface area contributed by atoms with Gasteiger partial charge in [-0.3, -0.25) is 9.36 Å². The standard InChI is InChI=1S/C7H11N3O3/c1-5(6(11)12)2-3-10-4-8-9-7(10)13/h4-5H,2-3H2,1H3,(H,9,13)(H,11,12). The number of carboxylic acids is 1. The summed E-state index contributed by atoms with van der Waals surface area (Å²) in [7, 11) is 0. The van der Waals surface area contributed by atoms with E-state index in [4.69, 9.17) is 5.11 Å². The zero-order valence-electron chi connectivity index (χ0n) is 7.23. The fourth-order valence-electron chi connectivity index (χ4n) is 0.886. The van der Waals surface area contributed by atoms with Crippen molar-refractivity contribution < 1.29 is 9.90 Å². The van der Waals surface area contributed by atoms with Crippen LogP contribution in [0.5, 0.6) is 0 Å². The Balaban J connectivity index is 2.48. The summed E-state index contributed by atoms with van der Waals surface area (Å²) in [6, 6.07) is 0. The third-order valence-electron chi connectivity index (χ3n) is 1.84. The van der Waals surface area contributed by atoms with Crippen LogP contribution in [0.1, 0.15) is 13.3 Å². The normalized spacial score (nSPS) is 12.7. The summed E-state index contributed by atoms with van der Waals surface area (Å²) in [5.41, 5.74) is -0.308. The third kappa shape index (κ3) is 2.43. The number of aromatic nitrogens is 3. The lowest BCUT2D eigenvalue weighted by atomic mass is 10.1. The maximum absolute atomic E-state index is 10.9. The number of carbonyl (C=O) groups is 1. The maximum Gasteiger partial charge on any atom is 0.343 e. The van der Waals surface area contributed by atoms with Crippen molar-refractivity contribution in [1.29, 1.82) is 0 Å². The number of H-pyrrole nitrogens is 1. The van der Waals surface area contributed by atoms with E-state index in [1.807, 2.05) is 0 Å². The smallest absolute Gasteiger partial charge is 0.343 e. The van der Waals surface area contributed by atoms with Gasteiger partial charge in [-0.1, -0.05) is 6.92 Å². The van der Waals surface area contributed by atoms with E-state index in [9.17, 15) is 9.59 Å². The van der Waals surface area contributed by atoms with E-state index >= 15 is 0 Å². The van der Waals surface area contributed by atoms with Crippen LogP contribution in [0.4, 0.5) is 0 Å². The van der Waals surface area contributed by atoms with Crippen LogP contribution in [0, 0.1) is 5.92 Å². The maximum atomic E-state index is 10.9. The minimum atomic E-state index is -0.850. The zero-order valence-corrected chi connectivity index (χ0v) is 7.23. The average Bonchev–Trinajstić information content (AvgIpc) is 2.47. The van der Waals surface area contributed by atoms with Gasteiger partial charge in [0.2, 0.25) is 0 Å². The Morgan fingerprint density at radius 1 is 1.85 bits per heavy atom. The molecule has 0 aromatic carbocycles. The van der Waals surface area contributed by atoms with Crippen LogP contribution >= 0.6 is 0 Å². The number of aryl methyl sites for hydroxylation is 1. The number of hydrogen-bond donors (Lipinski definition) is 2. The predicted octanol–water partition coefficient (Wildman–Crippen LogP) is -0.318. The minimum Gasteiger partial charge on any atom is -0.481 e. The molecule has 0 bridgehead atoms. The highest BCUT2D eigenvalue weighted by Gasteiger charge is 2.10. The Morgan fingerprint density at radius 2 is 2.54 bits per heavy atom. The largest absolute Gasteiger partial charge is 0.481 e. The Hall–Kier alpha value is -1.59. The molecule has 0 aliphatic heterocycles. The van der Waals surface area contributed by atoms with Crippen molar-refractivity contribution in [2.45, 2.75) is 19.9 Å². The molecule has 6 nitrogen and oxygen atoms in total. The fraction of sp³-hybridized carbons (Fsp3) is 0.571. The van der Waals surface area contributed by atoms with Crippen LogP contribution < -0.4 is 5.69 Å². The fourth-order valence-corrected chi connectivity index (χ4v) is 0.886. The molecule has 0 radical (unpaired) electrons. The van der Waals surface area contributed by atoms with E-state index in [0.29, 0.717) is 13.0 Å². The highest BCUT2D eigenvalue weighted by Crippen LogP contribution is 2.02. The molecule has 0 saturated carbocycles. The van der Waals surface area contributed by atoms with Gasteiger partial charge in [0, 0.05) is 6.54 Å². The van der Waals surface area contributed by atoms with Crippen LogP contribution in [0.15, 0.2) is 11.1 Å². The summed E-state index contributed by atoms with van der Waals surface area (Å²) in [6.45, 7) is 1.98. The van der Waals surface area contributed by atoms with Crippen molar-refractivity contribution in [2.24, 2.45) is 5.92 Å². The number of aliphatic carboxylic acids is 1. The van der Waals surface area contributed by atoms with Crippen molar-refractivity contribution in [1.82, 2.24) is 14.8 Å². The van der Waals surface area contributed by atoms with E-state index in [2.05, 4.69) is 10.2 Å². The molecule has 0 fully saturated rings. The molecule has 1 heterocycles. The summed E-state index contributed by atoms with van der Waals surface area (Å²) in [4.78, 5) is 21.3. The van der Waals surface area contributed by atoms with Gasteiger partial charge in [-0.15, -0.1) is 0 Å². The number of rotatable bonds is 4. The lowest BCUT2D eigenvalue weighted by Crippen LogP contribution is -2.19. The Bertz CT molecular complexity index is 341. The average molecular weight is 185 g/mol. The molecule has 1 atom stereocenters. The second kappa shape index (κ2) is 3.88. The summed E-state index contributed by atoms with van der Waals surface area (Å²) in [5.74, 6) is -1.29.